The number of benzene rings is 2. The number of aliphatic hydroxyl groups excluding tert-OH is 4. The molecule has 4 rings (SSSR count). The van der Waals surface area contributed by atoms with E-state index in [0.717, 1.165) is 0 Å². The first kappa shape index (κ1) is 21.2. The summed E-state index contributed by atoms with van der Waals surface area (Å²) in [7, 11) is 1.26. The van der Waals surface area contributed by atoms with Crippen LogP contribution in [0.4, 0.5) is 0 Å². The molecule has 1 aliphatic heterocycles. The standard InChI is InChI=1S/C20H20O11/c1-28-11-5-10-13(14(23)8-4-7(22)2-3-9(8)29-10)16(25)19(11)31-20-18(27)17(26)15(24)12(6-21)30-20/h2-5,12,15,17-18,20-22,24-27H,6H2,1H3/t12-,15-,17+,18-,20+/m1/s1. The van der Waals surface area contributed by atoms with Gasteiger partial charge in [0.25, 0.3) is 0 Å². The van der Waals surface area contributed by atoms with Crippen molar-refractivity contribution in [3.63, 3.8) is 0 Å². The number of phenols is 2. The van der Waals surface area contributed by atoms with Crippen LogP contribution in [-0.4, -0.2) is 75.1 Å². The Kier molecular flexibility index (Phi) is 5.37. The van der Waals surface area contributed by atoms with Crippen molar-refractivity contribution in [2.24, 2.45) is 0 Å². The van der Waals surface area contributed by atoms with Gasteiger partial charge in [-0.3, -0.25) is 4.79 Å². The number of rotatable bonds is 4. The van der Waals surface area contributed by atoms with Crippen LogP contribution in [0.1, 0.15) is 0 Å². The molecule has 0 amide bonds. The van der Waals surface area contributed by atoms with Crippen LogP contribution in [0.25, 0.3) is 21.9 Å². The second-order valence-electron chi connectivity index (χ2n) is 7.06. The molecule has 1 saturated heterocycles. The van der Waals surface area contributed by atoms with E-state index in [0.29, 0.717) is 0 Å². The van der Waals surface area contributed by atoms with Gasteiger partial charge in [-0.2, -0.15) is 0 Å². The Balaban J connectivity index is 1.85. The zero-order chi connectivity index (χ0) is 22.4. The summed E-state index contributed by atoms with van der Waals surface area (Å²) in [5, 5.41) is 59.6. The van der Waals surface area contributed by atoms with Gasteiger partial charge in [-0.1, -0.05) is 0 Å². The van der Waals surface area contributed by atoms with Gasteiger partial charge in [-0.05, 0) is 18.2 Å². The minimum atomic E-state index is -1.75. The van der Waals surface area contributed by atoms with E-state index in [-0.39, 0.29) is 33.4 Å². The molecule has 3 aromatic rings. The Morgan fingerprint density at radius 1 is 1.03 bits per heavy atom. The van der Waals surface area contributed by atoms with Gasteiger partial charge in [0, 0.05) is 6.07 Å². The smallest absolute Gasteiger partial charge is 0.229 e. The van der Waals surface area contributed by atoms with Gasteiger partial charge in [0.15, 0.2) is 11.5 Å². The summed E-state index contributed by atoms with van der Waals surface area (Å²) < 4.78 is 21.6. The molecule has 0 bridgehead atoms. The molecule has 11 heteroatoms. The molecule has 31 heavy (non-hydrogen) atoms. The van der Waals surface area contributed by atoms with Crippen LogP contribution in [0.2, 0.25) is 0 Å². The Hall–Kier alpha value is -3.09. The van der Waals surface area contributed by atoms with E-state index in [2.05, 4.69) is 0 Å². The van der Waals surface area contributed by atoms with Gasteiger partial charge in [0.1, 0.15) is 46.7 Å². The molecule has 0 radical (unpaired) electrons. The van der Waals surface area contributed by atoms with Crippen molar-refractivity contribution in [2.45, 2.75) is 30.7 Å². The second-order valence-corrected chi connectivity index (χ2v) is 7.06. The van der Waals surface area contributed by atoms with Crippen molar-refractivity contribution >= 4 is 21.9 Å². The first-order valence-electron chi connectivity index (χ1n) is 9.23. The summed E-state index contributed by atoms with van der Waals surface area (Å²) in [5.41, 5.74) is -0.524. The van der Waals surface area contributed by atoms with Crippen LogP contribution in [0.3, 0.4) is 0 Å². The number of hydrogen-bond acceptors (Lipinski definition) is 11. The maximum absolute atomic E-state index is 12.9. The first-order valence-corrected chi connectivity index (χ1v) is 9.23. The molecule has 2 aromatic carbocycles. The molecule has 166 valence electrons. The summed E-state index contributed by atoms with van der Waals surface area (Å²) in [6.07, 6.45) is -7.92. The van der Waals surface area contributed by atoms with Crippen LogP contribution in [0, 0.1) is 0 Å². The number of fused-ring (bicyclic) bond motifs is 2. The third-order valence-electron chi connectivity index (χ3n) is 5.14. The number of hydrogen-bond donors (Lipinski definition) is 6. The molecule has 0 saturated carbocycles. The monoisotopic (exact) mass is 436 g/mol. The Labute approximate surface area is 173 Å². The summed E-state index contributed by atoms with van der Waals surface area (Å²) in [4.78, 5) is 12.9. The van der Waals surface area contributed by atoms with Gasteiger partial charge >= 0.3 is 0 Å². The molecule has 6 N–H and O–H groups in total. The molecule has 1 aromatic heterocycles. The minimum absolute atomic E-state index is 0.00626. The van der Waals surface area contributed by atoms with E-state index in [1.807, 2.05) is 0 Å². The summed E-state index contributed by atoms with van der Waals surface area (Å²) in [6.45, 7) is -0.676. The highest BCUT2D eigenvalue weighted by Gasteiger charge is 2.45. The lowest BCUT2D eigenvalue weighted by atomic mass is 9.99. The first-order chi connectivity index (χ1) is 14.8. The van der Waals surface area contributed by atoms with Crippen LogP contribution in [-0.2, 0) is 4.74 Å². The van der Waals surface area contributed by atoms with Crippen molar-refractivity contribution in [3.05, 3.63) is 34.5 Å². The van der Waals surface area contributed by atoms with E-state index in [1.165, 1.54) is 31.4 Å². The summed E-state index contributed by atoms with van der Waals surface area (Å²) >= 11 is 0. The number of phenolic OH excluding ortho intramolecular Hbond substituents is 2. The molecule has 0 aliphatic carbocycles. The van der Waals surface area contributed by atoms with Gasteiger partial charge in [0.2, 0.25) is 17.5 Å². The SMILES string of the molecule is COc1cc2oc3ccc(O)cc3c(=O)c2c(O)c1O[C@@H]1O[C@H](CO)[C@@H](O)[C@H](O)[C@H]1O. The van der Waals surface area contributed by atoms with Gasteiger partial charge in [-0.25, -0.2) is 0 Å². The van der Waals surface area contributed by atoms with Crippen LogP contribution < -0.4 is 14.9 Å². The Bertz CT molecular complexity index is 1190. The fourth-order valence-electron chi connectivity index (χ4n) is 3.49. The molecule has 1 fully saturated rings. The average molecular weight is 436 g/mol. The van der Waals surface area contributed by atoms with Crippen LogP contribution in [0.15, 0.2) is 33.5 Å². The second kappa shape index (κ2) is 7.87. The summed E-state index contributed by atoms with van der Waals surface area (Å²) in [6, 6.07) is 5.20. The van der Waals surface area contributed by atoms with E-state index < -0.39 is 54.2 Å². The third-order valence-corrected chi connectivity index (χ3v) is 5.14. The van der Waals surface area contributed by atoms with Gasteiger partial charge in [-0.15, -0.1) is 0 Å². The van der Waals surface area contributed by atoms with Crippen molar-refractivity contribution in [3.8, 4) is 23.0 Å². The number of aromatic hydroxyl groups is 2. The molecular weight excluding hydrogens is 416 g/mol. The number of aliphatic hydroxyl groups is 4. The molecular formula is C20H20O11. The lowest BCUT2D eigenvalue weighted by Gasteiger charge is -2.39. The highest BCUT2D eigenvalue weighted by Crippen LogP contribution is 2.43. The zero-order valence-corrected chi connectivity index (χ0v) is 16.1. The molecule has 2 heterocycles. The number of ether oxygens (including phenoxy) is 3. The third kappa shape index (κ3) is 3.42. The molecule has 0 unspecified atom stereocenters. The quantitative estimate of drug-likeness (QED) is 0.292. The fraction of sp³-hybridized carbons (Fsp3) is 0.350. The van der Waals surface area contributed by atoms with E-state index in [4.69, 9.17) is 18.6 Å². The van der Waals surface area contributed by atoms with E-state index in [1.54, 1.807) is 0 Å². The molecule has 11 nitrogen and oxygen atoms in total. The van der Waals surface area contributed by atoms with Crippen molar-refractivity contribution in [1.82, 2.24) is 0 Å². The lowest BCUT2D eigenvalue weighted by Crippen LogP contribution is -2.60. The molecule has 0 spiro atoms. The minimum Gasteiger partial charge on any atom is -0.508 e. The Morgan fingerprint density at radius 3 is 2.45 bits per heavy atom. The van der Waals surface area contributed by atoms with Gasteiger partial charge in [0.05, 0.1) is 19.1 Å². The maximum atomic E-state index is 12.9. The number of methoxy groups -OCH3 is 1. The summed E-state index contributed by atoms with van der Waals surface area (Å²) in [5.74, 6) is -1.34. The van der Waals surface area contributed by atoms with Crippen LogP contribution in [0.5, 0.6) is 23.0 Å². The van der Waals surface area contributed by atoms with Gasteiger partial charge < -0.3 is 49.3 Å². The Morgan fingerprint density at radius 2 is 1.77 bits per heavy atom. The van der Waals surface area contributed by atoms with Crippen molar-refractivity contribution in [2.75, 3.05) is 13.7 Å². The fourth-order valence-corrected chi connectivity index (χ4v) is 3.49. The van der Waals surface area contributed by atoms with Crippen LogP contribution >= 0.6 is 0 Å². The lowest BCUT2D eigenvalue weighted by molar-refractivity contribution is -0.277. The highest BCUT2D eigenvalue weighted by molar-refractivity contribution is 5.96. The maximum Gasteiger partial charge on any atom is 0.229 e. The molecule has 5 atom stereocenters. The molecule has 1 aliphatic rings. The van der Waals surface area contributed by atoms with E-state index in [9.17, 15) is 35.4 Å². The highest BCUT2D eigenvalue weighted by atomic mass is 16.7. The van der Waals surface area contributed by atoms with Crippen molar-refractivity contribution in [1.29, 1.82) is 0 Å². The normalized spacial score (nSPS) is 26.3. The van der Waals surface area contributed by atoms with Crippen molar-refractivity contribution < 1.29 is 49.3 Å². The predicted molar refractivity (Wildman–Crippen MR) is 104 cm³/mol. The largest absolute Gasteiger partial charge is 0.508 e. The average Bonchev–Trinajstić information content (AvgIpc) is 2.75. The topological polar surface area (TPSA) is 179 Å². The van der Waals surface area contributed by atoms with E-state index >= 15 is 0 Å². The zero-order valence-electron chi connectivity index (χ0n) is 16.1. The predicted octanol–water partition coefficient (Wildman–Crippen LogP) is -0.455.